The average molecular weight is 282 g/mol. The number of rotatable bonds is 4. The van der Waals surface area contributed by atoms with Crippen LogP contribution in [0.3, 0.4) is 0 Å². The van der Waals surface area contributed by atoms with Gasteiger partial charge in [0.25, 0.3) is 0 Å². The summed E-state index contributed by atoms with van der Waals surface area (Å²) in [7, 11) is 0. The molecule has 0 aliphatic carbocycles. The zero-order chi connectivity index (χ0) is 13.9. The van der Waals surface area contributed by atoms with Crippen LogP contribution in [0.2, 0.25) is 0 Å². The minimum absolute atomic E-state index is 0.281. The van der Waals surface area contributed by atoms with Crippen LogP contribution < -0.4 is 0 Å². The molecule has 0 atom stereocenters. The molecule has 0 fully saturated rings. The van der Waals surface area contributed by atoms with Crippen LogP contribution >= 0.6 is 11.8 Å². The van der Waals surface area contributed by atoms with Crippen LogP contribution in [0.5, 0.6) is 0 Å². The monoisotopic (exact) mass is 282 g/mol. The van der Waals surface area contributed by atoms with Crippen molar-refractivity contribution in [3.8, 4) is 0 Å². The van der Waals surface area contributed by atoms with E-state index < -0.39 is 34.0 Å². The van der Waals surface area contributed by atoms with E-state index in [9.17, 15) is 22.4 Å². The topological polar surface area (TPSA) is 37.3 Å². The number of carboxylic acid groups (broad SMARTS) is 1. The Kier molecular flexibility index (Phi) is 4.61. The Morgan fingerprint density at radius 1 is 1.39 bits per heavy atom. The number of hydrogen-bond acceptors (Lipinski definition) is 2. The number of carboxylic acids is 1. The van der Waals surface area contributed by atoms with Gasteiger partial charge in [0.1, 0.15) is 0 Å². The third-order valence-electron chi connectivity index (χ3n) is 2.08. The van der Waals surface area contributed by atoms with Gasteiger partial charge in [-0.2, -0.15) is 13.2 Å². The molecular weight excluding hydrogens is 272 g/mol. The molecule has 0 aliphatic heterocycles. The summed E-state index contributed by atoms with van der Waals surface area (Å²) in [6.07, 6.45) is -4.15. The van der Waals surface area contributed by atoms with Gasteiger partial charge in [-0.25, -0.2) is 9.18 Å². The summed E-state index contributed by atoms with van der Waals surface area (Å²) in [5.41, 5.74) is -1.88. The molecule has 0 amide bonds. The molecule has 0 heterocycles. The summed E-state index contributed by atoms with van der Waals surface area (Å²) in [6.45, 7) is 1.74. The van der Waals surface area contributed by atoms with Gasteiger partial charge in [0, 0.05) is 0 Å². The Balaban J connectivity index is 3.36. The molecule has 18 heavy (non-hydrogen) atoms. The van der Waals surface area contributed by atoms with Gasteiger partial charge in [-0.1, -0.05) is 6.92 Å². The molecule has 1 aromatic rings. The maximum atomic E-state index is 13.7. The van der Waals surface area contributed by atoms with Crippen molar-refractivity contribution in [1.82, 2.24) is 0 Å². The highest BCUT2D eigenvalue weighted by molar-refractivity contribution is 7.99. The van der Waals surface area contributed by atoms with Crippen molar-refractivity contribution >= 4 is 17.7 Å². The van der Waals surface area contributed by atoms with Gasteiger partial charge < -0.3 is 5.11 Å². The molecule has 2 nitrogen and oxygen atoms in total. The number of alkyl halides is 3. The van der Waals surface area contributed by atoms with E-state index in [1.165, 1.54) is 0 Å². The van der Waals surface area contributed by atoms with Gasteiger partial charge in [-0.3, -0.25) is 0 Å². The minimum Gasteiger partial charge on any atom is -0.478 e. The highest BCUT2D eigenvalue weighted by Crippen LogP contribution is 2.39. The van der Waals surface area contributed by atoms with Crippen LogP contribution in [0.25, 0.3) is 0 Å². The second-order valence-electron chi connectivity index (χ2n) is 3.46. The van der Waals surface area contributed by atoms with Crippen LogP contribution in [0.4, 0.5) is 17.6 Å². The van der Waals surface area contributed by atoms with E-state index in [0.29, 0.717) is 30.3 Å². The number of carbonyl (C=O) groups is 1. The van der Waals surface area contributed by atoms with Crippen molar-refractivity contribution in [3.63, 3.8) is 0 Å². The second kappa shape index (κ2) is 5.60. The number of halogens is 4. The SMILES string of the molecule is CCCSc1c(C(F)(F)F)ccc(C(=O)O)c1F. The first kappa shape index (κ1) is 14.8. The third-order valence-corrected chi connectivity index (χ3v) is 3.38. The highest BCUT2D eigenvalue weighted by Gasteiger charge is 2.36. The smallest absolute Gasteiger partial charge is 0.417 e. The van der Waals surface area contributed by atoms with Crippen LogP contribution in [-0.2, 0) is 6.18 Å². The number of thioether (sulfide) groups is 1. The lowest BCUT2D eigenvalue weighted by molar-refractivity contribution is -0.140. The molecule has 0 aromatic heterocycles. The van der Waals surface area contributed by atoms with Crippen LogP contribution in [0.15, 0.2) is 17.0 Å². The van der Waals surface area contributed by atoms with E-state index in [4.69, 9.17) is 5.11 Å². The van der Waals surface area contributed by atoms with Gasteiger partial charge in [-0.15, -0.1) is 11.8 Å². The first-order valence-electron chi connectivity index (χ1n) is 5.04. The van der Waals surface area contributed by atoms with Crippen molar-refractivity contribution in [3.05, 3.63) is 29.1 Å². The van der Waals surface area contributed by atoms with E-state index in [1.54, 1.807) is 6.92 Å². The van der Waals surface area contributed by atoms with E-state index in [-0.39, 0.29) is 5.75 Å². The molecular formula is C11H10F4O2S. The minimum atomic E-state index is -4.70. The summed E-state index contributed by atoms with van der Waals surface area (Å²) in [5.74, 6) is -2.63. The predicted octanol–water partition coefficient (Wildman–Crippen LogP) is 4.04. The lowest BCUT2D eigenvalue weighted by atomic mass is 10.1. The highest BCUT2D eigenvalue weighted by atomic mass is 32.2. The summed E-state index contributed by atoms with van der Waals surface area (Å²) in [6, 6.07) is 1.24. The molecule has 0 aliphatic rings. The molecule has 1 N–H and O–H groups in total. The van der Waals surface area contributed by atoms with E-state index in [0.717, 1.165) is 0 Å². The van der Waals surface area contributed by atoms with Crippen LogP contribution in [0.1, 0.15) is 29.3 Å². The zero-order valence-corrected chi connectivity index (χ0v) is 10.2. The largest absolute Gasteiger partial charge is 0.478 e. The molecule has 0 radical (unpaired) electrons. The van der Waals surface area contributed by atoms with Crippen molar-refractivity contribution in [2.75, 3.05) is 5.75 Å². The lowest BCUT2D eigenvalue weighted by Gasteiger charge is -2.14. The van der Waals surface area contributed by atoms with Crippen LogP contribution in [0, 0.1) is 5.82 Å². The molecule has 0 bridgehead atoms. The molecule has 1 rings (SSSR count). The van der Waals surface area contributed by atoms with Gasteiger partial charge in [-0.05, 0) is 24.3 Å². The fourth-order valence-corrected chi connectivity index (χ4v) is 2.27. The van der Waals surface area contributed by atoms with Crippen molar-refractivity contribution in [1.29, 1.82) is 0 Å². The summed E-state index contributed by atoms with van der Waals surface area (Å²) >= 11 is 0.674. The average Bonchev–Trinajstić information content (AvgIpc) is 2.25. The molecule has 100 valence electrons. The summed E-state index contributed by atoms with van der Waals surface area (Å²) in [4.78, 5) is 10.0. The third kappa shape index (κ3) is 3.16. The number of benzene rings is 1. The standard InChI is InChI=1S/C11H10F4O2S/c1-2-5-18-9-7(11(13,14)15)4-3-6(8(9)12)10(16)17/h3-4H,2,5H2,1H3,(H,16,17). The Bertz CT molecular complexity index is 457. The summed E-state index contributed by atoms with van der Waals surface area (Å²) < 4.78 is 51.7. The van der Waals surface area contributed by atoms with Crippen molar-refractivity contribution < 1.29 is 27.5 Å². The summed E-state index contributed by atoms with van der Waals surface area (Å²) in [5, 5.41) is 8.68. The van der Waals surface area contributed by atoms with Crippen molar-refractivity contribution in [2.24, 2.45) is 0 Å². The molecule has 7 heteroatoms. The first-order valence-corrected chi connectivity index (χ1v) is 6.03. The number of hydrogen-bond donors (Lipinski definition) is 1. The fraction of sp³-hybridized carbons (Fsp3) is 0.364. The maximum Gasteiger partial charge on any atom is 0.417 e. The Morgan fingerprint density at radius 3 is 2.44 bits per heavy atom. The van der Waals surface area contributed by atoms with E-state index >= 15 is 0 Å². The molecule has 0 saturated heterocycles. The Hall–Kier alpha value is -1.24. The van der Waals surface area contributed by atoms with Crippen LogP contribution in [-0.4, -0.2) is 16.8 Å². The second-order valence-corrected chi connectivity index (χ2v) is 4.56. The van der Waals surface area contributed by atoms with Gasteiger partial charge >= 0.3 is 12.1 Å². The van der Waals surface area contributed by atoms with Gasteiger partial charge in [0.2, 0.25) is 0 Å². The van der Waals surface area contributed by atoms with E-state index in [2.05, 4.69) is 0 Å². The maximum absolute atomic E-state index is 13.7. The first-order chi connectivity index (χ1) is 8.29. The fourth-order valence-electron chi connectivity index (χ4n) is 1.29. The lowest BCUT2D eigenvalue weighted by Crippen LogP contribution is -2.11. The number of aromatic carboxylic acids is 1. The Morgan fingerprint density at radius 2 is 2.00 bits per heavy atom. The molecule has 0 spiro atoms. The van der Waals surface area contributed by atoms with Gasteiger partial charge in [0.05, 0.1) is 16.0 Å². The molecule has 0 saturated carbocycles. The quantitative estimate of drug-likeness (QED) is 0.668. The predicted molar refractivity (Wildman–Crippen MR) is 59.4 cm³/mol. The van der Waals surface area contributed by atoms with E-state index in [1.807, 2.05) is 0 Å². The molecule has 1 aromatic carbocycles. The normalized spacial score (nSPS) is 11.6. The van der Waals surface area contributed by atoms with Crippen molar-refractivity contribution in [2.45, 2.75) is 24.4 Å². The molecule has 0 unspecified atom stereocenters. The Labute approximate surface area is 105 Å². The van der Waals surface area contributed by atoms with Gasteiger partial charge in [0.15, 0.2) is 5.82 Å². The zero-order valence-electron chi connectivity index (χ0n) is 9.34.